The fourth-order valence-electron chi connectivity index (χ4n) is 8.25. The van der Waals surface area contributed by atoms with Crippen molar-refractivity contribution in [2.24, 2.45) is 0 Å². The summed E-state index contributed by atoms with van der Waals surface area (Å²) in [6, 6.07) is 66.6. The Morgan fingerprint density at radius 1 is 0.294 bits per heavy atom. The SMILES string of the molecule is c1ccc(-c2cccc(-n3c4ccccc4c4cc(-c5ccc6c(c5)c5c7c(ccc5n6-c5ccccc5)sc5ccccc57)ccc43)c2)cc1. The number of fused-ring (bicyclic) bond motifs is 10. The van der Waals surface area contributed by atoms with Crippen LogP contribution in [0, 0.1) is 0 Å². The number of para-hydroxylation sites is 2. The van der Waals surface area contributed by atoms with Crippen LogP contribution in [0.1, 0.15) is 0 Å². The number of benzene rings is 8. The Hall–Kier alpha value is -6.42. The molecule has 51 heavy (non-hydrogen) atoms. The van der Waals surface area contributed by atoms with E-state index < -0.39 is 0 Å². The van der Waals surface area contributed by atoms with E-state index in [-0.39, 0.29) is 0 Å². The first-order chi connectivity index (χ1) is 25.3. The molecular formula is C48H30N2S. The van der Waals surface area contributed by atoms with Crippen molar-refractivity contribution in [3.8, 4) is 33.6 Å². The molecule has 0 atom stereocenters. The summed E-state index contributed by atoms with van der Waals surface area (Å²) in [5.41, 5.74) is 12.1. The molecule has 0 aliphatic rings. The van der Waals surface area contributed by atoms with Crippen molar-refractivity contribution in [2.45, 2.75) is 0 Å². The molecule has 0 N–H and O–H groups in total. The highest BCUT2D eigenvalue weighted by atomic mass is 32.1. The molecule has 0 fully saturated rings. The van der Waals surface area contributed by atoms with Crippen molar-refractivity contribution in [3.05, 3.63) is 182 Å². The molecule has 3 heteroatoms. The van der Waals surface area contributed by atoms with Gasteiger partial charge in [0, 0.05) is 53.1 Å². The van der Waals surface area contributed by atoms with Crippen LogP contribution in [0.2, 0.25) is 0 Å². The van der Waals surface area contributed by atoms with Gasteiger partial charge < -0.3 is 9.13 Å². The first-order valence-corrected chi connectivity index (χ1v) is 18.3. The summed E-state index contributed by atoms with van der Waals surface area (Å²) in [5.74, 6) is 0. The third-order valence-corrected chi connectivity index (χ3v) is 11.6. The standard InChI is InChI=1S/C48H30N2S/c1-3-12-31(13-4-1)32-14-11-17-36(28-32)50-41-20-9-7-18-37(41)39-29-33(22-24-42(39)50)34-23-25-43-40(30-34)47-44(49(43)35-15-5-2-6-16-35)26-27-46-48(47)38-19-8-10-21-45(38)51-46/h1-30H. The molecule has 238 valence electrons. The van der Waals surface area contributed by atoms with E-state index in [4.69, 9.17) is 0 Å². The molecule has 8 aromatic carbocycles. The monoisotopic (exact) mass is 666 g/mol. The maximum absolute atomic E-state index is 2.43. The molecule has 11 rings (SSSR count). The zero-order chi connectivity index (χ0) is 33.5. The summed E-state index contributed by atoms with van der Waals surface area (Å²) in [6.45, 7) is 0. The van der Waals surface area contributed by atoms with E-state index in [9.17, 15) is 0 Å². The average Bonchev–Trinajstić information content (AvgIpc) is 3.85. The van der Waals surface area contributed by atoms with Gasteiger partial charge in [0.1, 0.15) is 0 Å². The molecule has 0 saturated heterocycles. The van der Waals surface area contributed by atoms with Gasteiger partial charge in [-0.3, -0.25) is 0 Å². The van der Waals surface area contributed by atoms with Crippen LogP contribution in [0.15, 0.2) is 182 Å². The van der Waals surface area contributed by atoms with Gasteiger partial charge in [-0.05, 0) is 95.1 Å². The number of thiophene rings is 1. The zero-order valence-electron chi connectivity index (χ0n) is 27.6. The predicted octanol–water partition coefficient (Wildman–Crippen LogP) is 13.6. The quantitative estimate of drug-likeness (QED) is 0.177. The molecule has 0 unspecified atom stereocenters. The number of hydrogen-bond acceptors (Lipinski definition) is 1. The highest BCUT2D eigenvalue weighted by Crippen LogP contribution is 2.44. The van der Waals surface area contributed by atoms with Gasteiger partial charge in [0.2, 0.25) is 0 Å². The molecule has 2 nitrogen and oxygen atoms in total. The van der Waals surface area contributed by atoms with Crippen LogP contribution in [0.3, 0.4) is 0 Å². The van der Waals surface area contributed by atoms with Gasteiger partial charge in [-0.2, -0.15) is 0 Å². The Balaban J connectivity index is 1.15. The molecule has 0 radical (unpaired) electrons. The van der Waals surface area contributed by atoms with Crippen LogP contribution < -0.4 is 0 Å². The summed E-state index contributed by atoms with van der Waals surface area (Å²) >= 11 is 1.88. The van der Waals surface area contributed by atoms with Crippen LogP contribution in [0.4, 0.5) is 0 Å². The van der Waals surface area contributed by atoms with Crippen LogP contribution in [-0.2, 0) is 0 Å². The Labute approximate surface area is 298 Å². The van der Waals surface area contributed by atoms with E-state index in [1.54, 1.807) is 0 Å². The second-order valence-electron chi connectivity index (χ2n) is 13.3. The summed E-state index contributed by atoms with van der Waals surface area (Å²) < 4.78 is 7.50. The number of aromatic nitrogens is 2. The van der Waals surface area contributed by atoms with Crippen LogP contribution in [0.5, 0.6) is 0 Å². The van der Waals surface area contributed by atoms with Gasteiger partial charge in [0.05, 0.1) is 22.1 Å². The smallest absolute Gasteiger partial charge is 0.0548 e. The first-order valence-electron chi connectivity index (χ1n) is 17.4. The van der Waals surface area contributed by atoms with Crippen molar-refractivity contribution in [2.75, 3.05) is 0 Å². The zero-order valence-corrected chi connectivity index (χ0v) is 28.4. The normalized spacial score (nSPS) is 11.9. The third-order valence-electron chi connectivity index (χ3n) is 10.5. The van der Waals surface area contributed by atoms with Gasteiger partial charge in [-0.25, -0.2) is 0 Å². The summed E-state index contributed by atoms with van der Waals surface area (Å²) in [4.78, 5) is 0. The summed E-state index contributed by atoms with van der Waals surface area (Å²) in [6.07, 6.45) is 0. The first kappa shape index (κ1) is 28.4. The number of rotatable bonds is 4. The van der Waals surface area contributed by atoms with Gasteiger partial charge in [-0.1, -0.05) is 109 Å². The van der Waals surface area contributed by atoms with Crippen LogP contribution in [0.25, 0.3) is 97.4 Å². The van der Waals surface area contributed by atoms with E-state index >= 15 is 0 Å². The molecular weight excluding hydrogens is 637 g/mol. The lowest BCUT2D eigenvalue weighted by Crippen LogP contribution is -1.94. The van der Waals surface area contributed by atoms with Gasteiger partial charge in [0.15, 0.2) is 0 Å². The van der Waals surface area contributed by atoms with Gasteiger partial charge >= 0.3 is 0 Å². The lowest BCUT2D eigenvalue weighted by molar-refractivity contribution is 1.18. The minimum absolute atomic E-state index is 1.16. The van der Waals surface area contributed by atoms with Crippen molar-refractivity contribution >= 4 is 75.1 Å². The van der Waals surface area contributed by atoms with Crippen LogP contribution >= 0.6 is 11.3 Å². The topological polar surface area (TPSA) is 9.86 Å². The van der Waals surface area contributed by atoms with Crippen LogP contribution in [-0.4, -0.2) is 9.13 Å². The maximum atomic E-state index is 2.43. The second kappa shape index (κ2) is 11.0. The largest absolute Gasteiger partial charge is 0.309 e. The second-order valence-corrected chi connectivity index (χ2v) is 14.4. The lowest BCUT2D eigenvalue weighted by Gasteiger charge is -2.11. The summed E-state index contributed by atoms with van der Waals surface area (Å²) in [7, 11) is 0. The molecule has 3 aromatic heterocycles. The molecule has 0 aliphatic carbocycles. The number of nitrogens with zero attached hydrogens (tertiary/aromatic N) is 2. The fraction of sp³-hybridized carbons (Fsp3) is 0. The van der Waals surface area contributed by atoms with E-state index in [1.165, 1.54) is 91.7 Å². The Morgan fingerprint density at radius 2 is 0.863 bits per heavy atom. The lowest BCUT2D eigenvalue weighted by atomic mass is 9.99. The molecule has 11 aromatic rings. The molecule has 0 bridgehead atoms. The van der Waals surface area contributed by atoms with E-state index in [0.29, 0.717) is 0 Å². The number of hydrogen-bond donors (Lipinski definition) is 0. The van der Waals surface area contributed by atoms with Crippen molar-refractivity contribution < 1.29 is 0 Å². The Kier molecular flexibility index (Phi) is 6.16. The Bertz CT molecular complexity index is 3130. The molecule has 0 saturated carbocycles. The van der Waals surface area contributed by atoms with Gasteiger partial charge in [0.25, 0.3) is 0 Å². The van der Waals surface area contributed by atoms with Gasteiger partial charge in [-0.15, -0.1) is 11.3 Å². The van der Waals surface area contributed by atoms with E-state index in [2.05, 4.69) is 191 Å². The summed E-state index contributed by atoms with van der Waals surface area (Å²) in [5, 5.41) is 7.79. The van der Waals surface area contributed by atoms with Crippen molar-refractivity contribution in [3.63, 3.8) is 0 Å². The average molecular weight is 667 g/mol. The molecule has 0 aliphatic heterocycles. The molecule has 0 spiro atoms. The molecule has 3 heterocycles. The minimum Gasteiger partial charge on any atom is -0.309 e. The minimum atomic E-state index is 1.16. The van der Waals surface area contributed by atoms with E-state index in [0.717, 1.165) is 5.69 Å². The van der Waals surface area contributed by atoms with Crippen molar-refractivity contribution in [1.82, 2.24) is 9.13 Å². The Morgan fingerprint density at radius 3 is 1.69 bits per heavy atom. The third kappa shape index (κ3) is 4.29. The maximum Gasteiger partial charge on any atom is 0.0548 e. The van der Waals surface area contributed by atoms with Crippen molar-refractivity contribution in [1.29, 1.82) is 0 Å². The predicted molar refractivity (Wildman–Crippen MR) is 219 cm³/mol. The highest BCUT2D eigenvalue weighted by molar-refractivity contribution is 7.26. The highest BCUT2D eigenvalue weighted by Gasteiger charge is 2.19. The fourth-order valence-corrected chi connectivity index (χ4v) is 9.36. The molecule has 0 amide bonds. The van der Waals surface area contributed by atoms with E-state index in [1.807, 2.05) is 11.3 Å².